The predicted molar refractivity (Wildman–Crippen MR) is 142 cm³/mol. The van der Waals surface area contributed by atoms with Crippen LogP contribution in [-0.2, 0) is 16.6 Å². The van der Waals surface area contributed by atoms with Crippen molar-refractivity contribution in [1.29, 1.82) is 0 Å². The van der Waals surface area contributed by atoms with E-state index in [1.807, 2.05) is 6.20 Å². The quantitative estimate of drug-likeness (QED) is 0.415. The van der Waals surface area contributed by atoms with Gasteiger partial charge in [0.15, 0.2) is 0 Å². The van der Waals surface area contributed by atoms with Gasteiger partial charge in [0.2, 0.25) is 5.91 Å². The third kappa shape index (κ3) is 6.96. The number of rotatable bonds is 8. The number of benzene rings is 2. The van der Waals surface area contributed by atoms with E-state index < -0.39 is 5.97 Å². The SMILES string of the molecule is CC(=O)N(/C=C(/C(C)C)C(C)(C)c1ccc(CCC(C)(C)C)c(Cl)c1)c1ccc(C(=O)O)cc1. The average Bonchev–Trinajstić information content (AvgIpc) is 2.72. The Morgan fingerprint density at radius 2 is 1.62 bits per heavy atom. The first-order chi connectivity index (χ1) is 15.6. The van der Waals surface area contributed by atoms with Crippen LogP contribution in [0.2, 0.25) is 5.02 Å². The Balaban J connectivity index is 2.47. The number of carbonyl (C=O) groups excluding carboxylic acids is 1. The molecule has 5 heteroatoms. The molecule has 0 fully saturated rings. The van der Waals surface area contributed by atoms with Gasteiger partial charge in [-0.1, -0.05) is 72.2 Å². The lowest BCUT2D eigenvalue weighted by molar-refractivity contribution is -0.116. The van der Waals surface area contributed by atoms with Crippen LogP contribution in [0, 0.1) is 11.3 Å². The number of hydrogen-bond donors (Lipinski definition) is 1. The van der Waals surface area contributed by atoms with Crippen LogP contribution >= 0.6 is 11.6 Å². The third-order valence-corrected chi connectivity index (χ3v) is 6.61. The van der Waals surface area contributed by atoms with Crippen LogP contribution < -0.4 is 4.90 Å². The van der Waals surface area contributed by atoms with Crippen molar-refractivity contribution in [1.82, 2.24) is 0 Å². The topological polar surface area (TPSA) is 57.6 Å². The fraction of sp³-hybridized carbons (Fsp3) is 0.448. The first-order valence-corrected chi connectivity index (χ1v) is 12.2. The number of hydrogen-bond acceptors (Lipinski definition) is 2. The molecule has 0 spiro atoms. The third-order valence-electron chi connectivity index (χ3n) is 6.26. The molecule has 0 atom stereocenters. The normalized spacial score (nSPS) is 12.7. The first kappa shape index (κ1) is 27.7. The number of aryl methyl sites for hydroxylation is 1. The summed E-state index contributed by atoms with van der Waals surface area (Å²) in [6.07, 6.45) is 3.88. The van der Waals surface area contributed by atoms with E-state index in [1.165, 1.54) is 19.1 Å². The number of nitrogens with zero attached hydrogens (tertiary/aromatic N) is 1. The zero-order chi connectivity index (χ0) is 25.8. The van der Waals surface area contributed by atoms with E-state index in [-0.39, 0.29) is 28.2 Å². The summed E-state index contributed by atoms with van der Waals surface area (Å²) in [6, 6.07) is 12.7. The molecule has 0 aliphatic heterocycles. The molecule has 0 saturated heterocycles. The van der Waals surface area contributed by atoms with Gasteiger partial charge in [-0.15, -0.1) is 0 Å². The van der Waals surface area contributed by atoms with E-state index in [9.17, 15) is 14.7 Å². The summed E-state index contributed by atoms with van der Waals surface area (Å²) in [6.45, 7) is 16.7. The minimum Gasteiger partial charge on any atom is -0.478 e. The van der Waals surface area contributed by atoms with Gasteiger partial charge >= 0.3 is 5.97 Å². The molecule has 0 radical (unpaired) electrons. The summed E-state index contributed by atoms with van der Waals surface area (Å²) >= 11 is 6.71. The van der Waals surface area contributed by atoms with Crippen LogP contribution in [0.3, 0.4) is 0 Å². The van der Waals surface area contributed by atoms with Crippen LogP contribution in [0.1, 0.15) is 83.3 Å². The smallest absolute Gasteiger partial charge is 0.335 e. The van der Waals surface area contributed by atoms with Gasteiger partial charge in [0, 0.05) is 29.2 Å². The van der Waals surface area contributed by atoms with Gasteiger partial charge < -0.3 is 5.11 Å². The predicted octanol–water partition coefficient (Wildman–Crippen LogP) is 7.89. The van der Waals surface area contributed by atoms with Crippen molar-refractivity contribution in [3.63, 3.8) is 0 Å². The van der Waals surface area contributed by atoms with Crippen LogP contribution in [0.25, 0.3) is 0 Å². The lowest BCUT2D eigenvalue weighted by Crippen LogP contribution is -2.29. The first-order valence-electron chi connectivity index (χ1n) is 11.8. The molecule has 4 nitrogen and oxygen atoms in total. The van der Waals surface area contributed by atoms with Gasteiger partial charge in [-0.3, -0.25) is 9.69 Å². The van der Waals surface area contributed by atoms with Gasteiger partial charge in [0.05, 0.1) is 5.56 Å². The van der Waals surface area contributed by atoms with Crippen LogP contribution in [-0.4, -0.2) is 17.0 Å². The van der Waals surface area contributed by atoms with Crippen LogP contribution in [0.15, 0.2) is 54.2 Å². The molecular weight excluding hydrogens is 446 g/mol. The molecule has 1 amide bonds. The lowest BCUT2D eigenvalue weighted by Gasteiger charge is -2.34. The lowest BCUT2D eigenvalue weighted by atomic mass is 9.73. The van der Waals surface area contributed by atoms with Crippen molar-refractivity contribution in [3.8, 4) is 0 Å². The monoisotopic (exact) mass is 483 g/mol. The maximum atomic E-state index is 12.6. The van der Waals surface area contributed by atoms with Crippen molar-refractivity contribution >= 4 is 29.2 Å². The largest absolute Gasteiger partial charge is 0.478 e. The molecule has 0 unspecified atom stereocenters. The summed E-state index contributed by atoms with van der Waals surface area (Å²) in [5.41, 5.74) is 3.98. The molecule has 1 N–H and O–H groups in total. The Labute approximate surface area is 209 Å². The summed E-state index contributed by atoms with van der Waals surface area (Å²) < 4.78 is 0. The Bertz CT molecular complexity index is 1060. The van der Waals surface area contributed by atoms with Gasteiger partial charge in [-0.2, -0.15) is 0 Å². The van der Waals surface area contributed by atoms with Crippen molar-refractivity contribution in [2.75, 3.05) is 4.90 Å². The summed E-state index contributed by atoms with van der Waals surface area (Å²) in [5.74, 6) is -0.981. The van der Waals surface area contributed by atoms with Crippen molar-refractivity contribution in [2.24, 2.45) is 11.3 Å². The summed E-state index contributed by atoms with van der Waals surface area (Å²) in [5, 5.41) is 9.96. The van der Waals surface area contributed by atoms with E-state index in [4.69, 9.17) is 11.6 Å². The summed E-state index contributed by atoms with van der Waals surface area (Å²) in [4.78, 5) is 25.4. The van der Waals surface area contributed by atoms with Crippen molar-refractivity contribution < 1.29 is 14.7 Å². The second-order valence-electron chi connectivity index (χ2n) is 11.0. The van der Waals surface area contributed by atoms with Gasteiger partial charge in [-0.25, -0.2) is 4.79 Å². The second kappa shape index (κ2) is 10.8. The highest BCUT2D eigenvalue weighted by atomic mass is 35.5. The fourth-order valence-corrected chi connectivity index (χ4v) is 4.37. The maximum Gasteiger partial charge on any atom is 0.335 e. The molecule has 0 aliphatic carbocycles. The molecule has 184 valence electrons. The van der Waals surface area contributed by atoms with Gasteiger partial charge in [0.1, 0.15) is 0 Å². The molecule has 0 bridgehead atoms. The highest BCUT2D eigenvalue weighted by Gasteiger charge is 2.30. The maximum absolute atomic E-state index is 12.6. The van der Waals surface area contributed by atoms with Crippen LogP contribution in [0.4, 0.5) is 5.69 Å². The Hall–Kier alpha value is -2.59. The number of carboxylic acid groups (broad SMARTS) is 1. The van der Waals surface area contributed by atoms with Crippen molar-refractivity contribution in [2.45, 2.75) is 73.6 Å². The van der Waals surface area contributed by atoms with Gasteiger partial charge in [-0.05, 0) is 71.2 Å². The number of carbonyl (C=O) groups is 2. The molecule has 0 aromatic heterocycles. The number of halogens is 1. The van der Waals surface area contributed by atoms with E-state index in [2.05, 4.69) is 66.7 Å². The number of amides is 1. The highest BCUT2D eigenvalue weighted by molar-refractivity contribution is 6.31. The number of aromatic carboxylic acids is 1. The Morgan fingerprint density at radius 3 is 2.06 bits per heavy atom. The Morgan fingerprint density at radius 1 is 1.03 bits per heavy atom. The number of allylic oxidation sites excluding steroid dienone is 1. The molecule has 2 rings (SSSR count). The molecule has 34 heavy (non-hydrogen) atoms. The molecule has 0 aliphatic rings. The van der Waals surface area contributed by atoms with E-state index >= 15 is 0 Å². The molecule has 2 aromatic rings. The van der Waals surface area contributed by atoms with Crippen LogP contribution in [0.5, 0.6) is 0 Å². The zero-order valence-corrected chi connectivity index (χ0v) is 22.5. The summed E-state index contributed by atoms with van der Waals surface area (Å²) in [7, 11) is 0. The molecule has 2 aromatic carbocycles. The fourth-order valence-electron chi connectivity index (χ4n) is 4.10. The molecular formula is C29H38ClNO3. The molecule has 0 heterocycles. The zero-order valence-electron chi connectivity index (χ0n) is 21.7. The second-order valence-corrected chi connectivity index (χ2v) is 11.4. The number of anilines is 1. The average molecular weight is 484 g/mol. The van der Waals surface area contributed by atoms with Crippen molar-refractivity contribution in [3.05, 3.63) is 76.0 Å². The Kier molecular flexibility index (Phi) is 8.76. The number of carboxylic acids is 1. The minimum atomic E-state index is -0.997. The highest BCUT2D eigenvalue weighted by Crippen LogP contribution is 2.38. The van der Waals surface area contributed by atoms with Gasteiger partial charge in [0.25, 0.3) is 0 Å². The minimum absolute atomic E-state index is 0.146. The van der Waals surface area contributed by atoms with E-state index in [0.29, 0.717) is 5.69 Å². The molecule has 0 saturated carbocycles. The van der Waals surface area contributed by atoms with E-state index in [0.717, 1.165) is 34.6 Å². The standard InChI is InChI=1S/C29H38ClNO3/c1-19(2)25(18-31(20(3)32)24-13-10-22(11-14-24)27(33)34)29(7,8)23-12-9-21(26(30)17-23)15-16-28(4,5)6/h9-14,17-19H,15-16H2,1-8H3,(H,33,34)/b25-18-. The van der Waals surface area contributed by atoms with E-state index in [1.54, 1.807) is 17.0 Å².